The molecule has 0 aromatic heterocycles. The van der Waals surface area contributed by atoms with Gasteiger partial charge in [0.05, 0.1) is 18.8 Å². The molecule has 1 saturated heterocycles. The summed E-state index contributed by atoms with van der Waals surface area (Å²) >= 11 is 0. The van der Waals surface area contributed by atoms with Crippen LogP contribution >= 0.6 is 0 Å². The van der Waals surface area contributed by atoms with Gasteiger partial charge in [0.2, 0.25) is 0 Å². The number of nitrogens with one attached hydrogen (secondary N) is 2. The molecule has 0 spiro atoms. The van der Waals surface area contributed by atoms with Gasteiger partial charge in [0.15, 0.2) is 0 Å². The molecule has 2 aromatic carbocycles. The molecule has 1 aliphatic rings. The number of hydrogen-bond acceptors (Lipinski definition) is 4. The van der Waals surface area contributed by atoms with Gasteiger partial charge in [0.25, 0.3) is 11.8 Å². The zero-order chi connectivity index (χ0) is 24.2. The van der Waals surface area contributed by atoms with E-state index < -0.39 is 23.2 Å². The van der Waals surface area contributed by atoms with Crippen molar-refractivity contribution in [2.45, 2.75) is 39.0 Å². The molecule has 1 aliphatic heterocycles. The molecule has 2 aromatic rings. The molecule has 178 valence electrons. The van der Waals surface area contributed by atoms with Crippen molar-refractivity contribution in [1.29, 1.82) is 0 Å². The lowest BCUT2D eigenvalue weighted by Crippen LogP contribution is -2.40. The molecule has 0 aliphatic carbocycles. The van der Waals surface area contributed by atoms with E-state index >= 15 is 0 Å². The Kier molecular flexibility index (Phi) is 7.31. The van der Waals surface area contributed by atoms with Gasteiger partial charge in [0.1, 0.15) is 0 Å². The van der Waals surface area contributed by atoms with E-state index in [2.05, 4.69) is 10.6 Å². The lowest BCUT2D eigenvalue weighted by Gasteiger charge is -2.29. The van der Waals surface area contributed by atoms with Crippen molar-refractivity contribution in [3.63, 3.8) is 0 Å². The van der Waals surface area contributed by atoms with E-state index in [-0.39, 0.29) is 23.6 Å². The fraction of sp³-hybridized carbons (Fsp3) is 0.417. The second kappa shape index (κ2) is 9.82. The smallest absolute Gasteiger partial charge is 0.378 e. The first-order valence-electron chi connectivity index (χ1n) is 10.7. The third-order valence-corrected chi connectivity index (χ3v) is 5.11. The Balaban J connectivity index is 1.69. The van der Waals surface area contributed by atoms with Crippen LogP contribution in [0.3, 0.4) is 0 Å². The van der Waals surface area contributed by atoms with Crippen LogP contribution in [-0.4, -0.2) is 43.7 Å². The minimum atomic E-state index is -4.55. The average molecular weight is 464 g/mol. The number of amides is 2. The number of anilines is 1. The maximum atomic E-state index is 13.7. The number of rotatable bonds is 5. The third-order valence-electron chi connectivity index (χ3n) is 5.11. The van der Waals surface area contributed by atoms with Gasteiger partial charge >= 0.3 is 6.18 Å². The van der Waals surface area contributed by atoms with E-state index in [1.54, 1.807) is 6.07 Å². The molecule has 0 saturated carbocycles. The molecular weight excluding hydrogens is 435 g/mol. The van der Waals surface area contributed by atoms with E-state index in [9.17, 15) is 22.8 Å². The van der Waals surface area contributed by atoms with Crippen LogP contribution in [0.15, 0.2) is 42.5 Å². The number of nitrogens with zero attached hydrogens (tertiary/aromatic N) is 1. The van der Waals surface area contributed by atoms with Crippen molar-refractivity contribution in [2.24, 2.45) is 0 Å². The lowest BCUT2D eigenvalue weighted by molar-refractivity contribution is -0.138. The average Bonchev–Trinajstić information content (AvgIpc) is 2.76. The topological polar surface area (TPSA) is 70.7 Å². The molecule has 9 heteroatoms. The molecule has 2 amide bonds. The maximum absolute atomic E-state index is 13.7. The van der Waals surface area contributed by atoms with Crippen LogP contribution in [0, 0.1) is 0 Å². The van der Waals surface area contributed by atoms with Gasteiger partial charge in [-0.1, -0.05) is 6.07 Å². The Morgan fingerprint density at radius 3 is 2.06 bits per heavy atom. The van der Waals surface area contributed by atoms with Gasteiger partial charge < -0.3 is 20.3 Å². The van der Waals surface area contributed by atoms with Gasteiger partial charge in [-0.05, 0) is 62.7 Å². The van der Waals surface area contributed by atoms with Crippen LogP contribution < -0.4 is 15.5 Å². The van der Waals surface area contributed by atoms with Crippen LogP contribution in [0.2, 0.25) is 0 Å². The van der Waals surface area contributed by atoms with E-state index in [1.165, 1.54) is 30.3 Å². The molecule has 0 bridgehead atoms. The van der Waals surface area contributed by atoms with Crippen molar-refractivity contribution >= 4 is 17.5 Å². The summed E-state index contributed by atoms with van der Waals surface area (Å²) in [7, 11) is 0. The largest absolute Gasteiger partial charge is 0.416 e. The Bertz CT molecular complexity index is 993. The SMILES string of the molecule is CC(C)(C)NC(=O)c1ccc(C(=O)NCc2ccc(N3CCOCC3)cc2C(F)(F)F)cc1. The van der Waals surface area contributed by atoms with Crippen molar-refractivity contribution < 1.29 is 27.5 Å². The fourth-order valence-electron chi connectivity index (χ4n) is 3.46. The van der Waals surface area contributed by atoms with E-state index in [4.69, 9.17) is 4.74 Å². The monoisotopic (exact) mass is 463 g/mol. The predicted octanol–water partition coefficient (Wildman–Crippen LogP) is 4.00. The summed E-state index contributed by atoms with van der Waals surface area (Å²) in [5.41, 5.74) is -0.0825. The summed E-state index contributed by atoms with van der Waals surface area (Å²) < 4.78 is 46.3. The van der Waals surface area contributed by atoms with Crippen LogP contribution in [-0.2, 0) is 17.5 Å². The second-order valence-electron chi connectivity index (χ2n) is 8.90. The summed E-state index contributed by atoms with van der Waals surface area (Å²) in [6.45, 7) is 7.28. The molecule has 3 rings (SSSR count). The standard InChI is InChI=1S/C24H28F3N3O3/c1-23(2,3)29-22(32)17-6-4-16(5-7-17)21(31)28-15-18-8-9-19(14-20(18)24(25,26)27)30-10-12-33-13-11-30/h4-9,14H,10-13,15H2,1-3H3,(H,28,31)(H,29,32). The zero-order valence-corrected chi connectivity index (χ0v) is 18.9. The normalized spacial score (nSPS) is 14.7. The van der Waals surface area contributed by atoms with E-state index in [1.807, 2.05) is 25.7 Å². The van der Waals surface area contributed by atoms with Gasteiger partial charge in [0, 0.05) is 42.0 Å². The molecule has 0 unspecified atom stereocenters. The summed E-state index contributed by atoms with van der Waals surface area (Å²) in [5.74, 6) is -0.798. The number of ether oxygens (including phenoxy) is 1. The van der Waals surface area contributed by atoms with E-state index in [0.29, 0.717) is 37.6 Å². The number of benzene rings is 2. The molecule has 2 N–H and O–H groups in total. The molecule has 0 atom stereocenters. The Labute approximate surface area is 191 Å². The van der Waals surface area contributed by atoms with Crippen LogP contribution in [0.5, 0.6) is 0 Å². The highest BCUT2D eigenvalue weighted by atomic mass is 19.4. The molecule has 33 heavy (non-hydrogen) atoms. The number of carbonyl (C=O) groups is 2. The fourth-order valence-corrected chi connectivity index (χ4v) is 3.46. The third kappa shape index (κ3) is 6.71. The summed E-state index contributed by atoms with van der Waals surface area (Å²) in [6.07, 6.45) is -4.55. The Morgan fingerprint density at radius 1 is 0.939 bits per heavy atom. The zero-order valence-electron chi connectivity index (χ0n) is 18.9. The number of alkyl halides is 3. The Hall–Kier alpha value is -3.07. The molecular formula is C24H28F3N3O3. The highest BCUT2D eigenvalue weighted by molar-refractivity contribution is 5.98. The first-order valence-corrected chi connectivity index (χ1v) is 10.7. The van der Waals surface area contributed by atoms with Crippen LogP contribution in [0.25, 0.3) is 0 Å². The minimum Gasteiger partial charge on any atom is -0.378 e. The highest BCUT2D eigenvalue weighted by Gasteiger charge is 2.34. The number of halogens is 3. The molecule has 6 nitrogen and oxygen atoms in total. The maximum Gasteiger partial charge on any atom is 0.416 e. The first-order chi connectivity index (χ1) is 15.4. The number of carbonyl (C=O) groups excluding carboxylic acids is 2. The van der Waals surface area contributed by atoms with Crippen molar-refractivity contribution in [2.75, 3.05) is 31.2 Å². The van der Waals surface area contributed by atoms with Gasteiger partial charge in [-0.25, -0.2) is 0 Å². The minimum absolute atomic E-state index is 0.0194. The van der Waals surface area contributed by atoms with Crippen LogP contribution in [0.1, 0.15) is 52.6 Å². The van der Waals surface area contributed by atoms with Crippen LogP contribution in [0.4, 0.5) is 18.9 Å². The molecule has 0 radical (unpaired) electrons. The first kappa shape index (κ1) is 24.6. The number of hydrogen-bond donors (Lipinski definition) is 2. The van der Waals surface area contributed by atoms with Gasteiger partial charge in [-0.3, -0.25) is 9.59 Å². The predicted molar refractivity (Wildman–Crippen MR) is 119 cm³/mol. The van der Waals surface area contributed by atoms with Gasteiger partial charge in [-0.15, -0.1) is 0 Å². The molecule has 1 heterocycles. The number of morpholine rings is 1. The van der Waals surface area contributed by atoms with E-state index in [0.717, 1.165) is 6.07 Å². The second-order valence-corrected chi connectivity index (χ2v) is 8.90. The van der Waals surface area contributed by atoms with Crippen molar-refractivity contribution in [3.8, 4) is 0 Å². The summed E-state index contributed by atoms with van der Waals surface area (Å²) in [5, 5.41) is 5.36. The van der Waals surface area contributed by atoms with Crippen molar-refractivity contribution in [3.05, 3.63) is 64.7 Å². The Morgan fingerprint density at radius 2 is 1.52 bits per heavy atom. The summed E-state index contributed by atoms with van der Waals surface area (Å²) in [6, 6.07) is 10.1. The van der Waals surface area contributed by atoms with Crippen molar-refractivity contribution in [1.82, 2.24) is 10.6 Å². The lowest BCUT2D eigenvalue weighted by atomic mass is 10.0. The molecule has 1 fully saturated rings. The quantitative estimate of drug-likeness (QED) is 0.703. The van der Waals surface area contributed by atoms with Gasteiger partial charge in [-0.2, -0.15) is 13.2 Å². The summed E-state index contributed by atoms with van der Waals surface area (Å²) in [4.78, 5) is 26.5. The highest BCUT2D eigenvalue weighted by Crippen LogP contribution is 2.35.